The molecule has 0 aliphatic carbocycles. The quantitative estimate of drug-likeness (QED) is 0.165. The molecule has 13 heteroatoms. The molecule has 3 aromatic carbocycles. The number of anilines is 1. The second-order valence-electron chi connectivity index (χ2n) is 8.07. The number of carbonyl (C=O) groups is 2. The number of aliphatic carboxylic acids is 1. The topological polar surface area (TPSA) is 182 Å². The summed E-state index contributed by atoms with van der Waals surface area (Å²) in [5.41, 5.74) is 6.32. The number of nitrogens with zero attached hydrogens (tertiary/aromatic N) is 1. The standard InChI is InChI=1S/C24H23FN4O7S/c25-17-9-5-15(6-10-17)14-20(24(31)32)27-23(30)19(13-16-7-11-18(26)12-8-16)28-37(35,36)22-4-2-1-3-21(22)29(33)34/h1-12,19-20,28H,13-14,26H2,(H,27,30)(H,31,32)/t19-,20?/m0/s1. The minimum absolute atomic E-state index is 0.202. The molecule has 0 spiro atoms. The monoisotopic (exact) mass is 530 g/mol. The fraction of sp³-hybridized carbons (Fsp3) is 0.167. The van der Waals surface area contributed by atoms with Crippen LogP contribution in [0.25, 0.3) is 0 Å². The van der Waals surface area contributed by atoms with Crippen molar-refractivity contribution in [2.24, 2.45) is 0 Å². The van der Waals surface area contributed by atoms with Crippen LogP contribution in [0.2, 0.25) is 0 Å². The fourth-order valence-corrected chi connectivity index (χ4v) is 4.86. The molecule has 11 nitrogen and oxygen atoms in total. The van der Waals surface area contributed by atoms with Gasteiger partial charge < -0.3 is 16.2 Å². The lowest BCUT2D eigenvalue weighted by atomic mass is 10.0. The number of halogens is 1. The normalized spacial score (nSPS) is 12.9. The molecule has 1 unspecified atom stereocenters. The van der Waals surface area contributed by atoms with Gasteiger partial charge in [0.2, 0.25) is 15.9 Å². The van der Waals surface area contributed by atoms with Crippen LogP contribution in [-0.2, 0) is 32.5 Å². The molecule has 0 aliphatic rings. The third-order valence-electron chi connectivity index (χ3n) is 5.35. The van der Waals surface area contributed by atoms with Gasteiger partial charge in [0.15, 0.2) is 4.90 Å². The van der Waals surface area contributed by atoms with Crippen LogP contribution >= 0.6 is 0 Å². The Kier molecular flexibility index (Phi) is 8.52. The predicted octanol–water partition coefficient (Wildman–Crippen LogP) is 2.02. The number of carbonyl (C=O) groups excluding carboxylic acids is 1. The molecule has 0 fully saturated rings. The van der Waals surface area contributed by atoms with Crippen molar-refractivity contribution in [2.45, 2.75) is 29.8 Å². The molecule has 0 aliphatic heterocycles. The van der Waals surface area contributed by atoms with E-state index in [1.54, 1.807) is 12.1 Å². The zero-order valence-electron chi connectivity index (χ0n) is 19.2. The Hall–Kier alpha value is -4.36. The molecule has 1 amide bonds. The molecular formula is C24H23FN4O7S. The SMILES string of the molecule is Nc1ccc(C[C@H](NS(=O)(=O)c2ccccc2[N+](=O)[O-])C(=O)NC(Cc2ccc(F)cc2)C(=O)O)cc1. The highest BCUT2D eigenvalue weighted by molar-refractivity contribution is 7.89. The molecule has 3 aromatic rings. The zero-order chi connectivity index (χ0) is 27.2. The third kappa shape index (κ3) is 7.32. The van der Waals surface area contributed by atoms with Crippen LogP contribution in [0.5, 0.6) is 0 Å². The van der Waals surface area contributed by atoms with E-state index in [-0.39, 0.29) is 12.8 Å². The van der Waals surface area contributed by atoms with E-state index in [1.165, 1.54) is 36.4 Å². The Bertz CT molecular complexity index is 1400. The van der Waals surface area contributed by atoms with Gasteiger partial charge in [-0.05, 0) is 47.9 Å². The molecule has 5 N–H and O–H groups in total. The van der Waals surface area contributed by atoms with Crippen molar-refractivity contribution in [1.29, 1.82) is 0 Å². The molecule has 0 saturated heterocycles. The lowest BCUT2D eigenvalue weighted by Gasteiger charge is -2.22. The molecule has 37 heavy (non-hydrogen) atoms. The first-order valence-electron chi connectivity index (χ1n) is 10.8. The molecular weight excluding hydrogens is 507 g/mol. The molecule has 0 saturated carbocycles. The number of sulfonamides is 1. The number of carboxylic acid groups (broad SMARTS) is 1. The molecule has 0 bridgehead atoms. The van der Waals surface area contributed by atoms with E-state index in [1.807, 2.05) is 0 Å². The smallest absolute Gasteiger partial charge is 0.326 e. The van der Waals surface area contributed by atoms with Crippen molar-refractivity contribution in [3.63, 3.8) is 0 Å². The number of rotatable bonds is 11. The number of carboxylic acids is 1. The molecule has 0 aromatic heterocycles. The van der Waals surface area contributed by atoms with Gasteiger partial charge in [0.1, 0.15) is 17.9 Å². The number of nitro benzene ring substituents is 1. The largest absolute Gasteiger partial charge is 0.480 e. The lowest BCUT2D eigenvalue weighted by molar-refractivity contribution is -0.387. The molecule has 2 atom stereocenters. The number of nitrogens with one attached hydrogen (secondary N) is 2. The van der Waals surface area contributed by atoms with Gasteiger partial charge in [0.05, 0.1) is 4.92 Å². The van der Waals surface area contributed by atoms with Gasteiger partial charge in [-0.25, -0.2) is 17.6 Å². The van der Waals surface area contributed by atoms with Gasteiger partial charge >= 0.3 is 5.97 Å². The Morgan fingerprint density at radius 1 is 0.946 bits per heavy atom. The predicted molar refractivity (Wildman–Crippen MR) is 131 cm³/mol. The van der Waals surface area contributed by atoms with Crippen molar-refractivity contribution in [3.05, 3.63) is 99.9 Å². The number of amides is 1. The van der Waals surface area contributed by atoms with E-state index in [2.05, 4.69) is 10.0 Å². The van der Waals surface area contributed by atoms with Crippen LogP contribution in [0.1, 0.15) is 11.1 Å². The summed E-state index contributed by atoms with van der Waals surface area (Å²) in [5, 5.41) is 23.3. The number of nitro groups is 1. The van der Waals surface area contributed by atoms with Crippen LogP contribution in [0.4, 0.5) is 15.8 Å². The first-order chi connectivity index (χ1) is 17.5. The Balaban J connectivity index is 1.91. The maximum Gasteiger partial charge on any atom is 0.326 e. The summed E-state index contributed by atoms with van der Waals surface area (Å²) < 4.78 is 41.6. The first-order valence-corrected chi connectivity index (χ1v) is 12.3. The van der Waals surface area contributed by atoms with E-state index in [9.17, 15) is 37.6 Å². The van der Waals surface area contributed by atoms with Crippen molar-refractivity contribution >= 4 is 33.3 Å². The van der Waals surface area contributed by atoms with Gasteiger partial charge in [-0.3, -0.25) is 14.9 Å². The van der Waals surface area contributed by atoms with Crippen LogP contribution < -0.4 is 15.8 Å². The van der Waals surface area contributed by atoms with Crippen LogP contribution in [-0.4, -0.2) is 42.4 Å². The summed E-state index contributed by atoms with van der Waals surface area (Å²) in [6.07, 6.45) is -0.415. The van der Waals surface area contributed by atoms with Crippen molar-refractivity contribution in [1.82, 2.24) is 10.0 Å². The number of nitrogens with two attached hydrogens (primary N) is 1. The highest BCUT2D eigenvalue weighted by atomic mass is 32.2. The zero-order valence-corrected chi connectivity index (χ0v) is 20.0. The second kappa shape index (κ2) is 11.6. The number of para-hydroxylation sites is 1. The maximum absolute atomic E-state index is 13.2. The summed E-state index contributed by atoms with van der Waals surface area (Å²) in [6, 6.07) is 12.8. The number of hydrogen-bond acceptors (Lipinski definition) is 7. The third-order valence-corrected chi connectivity index (χ3v) is 6.87. The second-order valence-corrected chi connectivity index (χ2v) is 9.76. The van der Waals surface area contributed by atoms with Crippen molar-refractivity contribution in [3.8, 4) is 0 Å². The average Bonchev–Trinajstić information content (AvgIpc) is 2.85. The van der Waals surface area contributed by atoms with Crippen LogP contribution in [0.3, 0.4) is 0 Å². The minimum atomic E-state index is -4.59. The van der Waals surface area contributed by atoms with E-state index < -0.39 is 55.3 Å². The minimum Gasteiger partial charge on any atom is -0.480 e. The van der Waals surface area contributed by atoms with Gasteiger partial charge in [-0.1, -0.05) is 36.4 Å². The summed E-state index contributed by atoms with van der Waals surface area (Å²) in [6.45, 7) is 0. The van der Waals surface area contributed by atoms with Gasteiger partial charge in [0, 0.05) is 18.2 Å². The van der Waals surface area contributed by atoms with Crippen LogP contribution in [0, 0.1) is 15.9 Å². The van der Waals surface area contributed by atoms with Gasteiger partial charge in [-0.2, -0.15) is 4.72 Å². The first kappa shape index (κ1) is 27.2. The number of nitrogen functional groups attached to an aromatic ring is 1. The molecule has 3 rings (SSSR count). The summed E-state index contributed by atoms with van der Waals surface area (Å²) in [4.78, 5) is 34.9. The Morgan fingerprint density at radius 3 is 2.05 bits per heavy atom. The Labute approximate surface area is 211 Å². The number of hydrogen-bond donors (Lipinski definition) is 4. The summed E-state index contributed by atoms with van der Waals surface area (Å²) >= 11 is 0. The summed E-state index contributed by atoms with van der Waals surface area (Å²) in [5.74, 6) is -2.90. The van der Waals surface area contributed by atoms with E-state index in [4.69, 9.17) is 5.73 Å². The van der Waals surface area contributed by atoms with E-state index in [0.717, 1.165) is 24.3 Å². The van der Waals surface area contributed by atoms with E-state index >= 15 is 0 Å². The fourth-order valence-electron chi connectivity index (χ4n) is 3.49. The van der Waals surface area contributed by atoms with Gasteiger partial charge in [-0.15, -0.1) is 0 Å². The maximum atomic E-state index is 13.2. The molecule has 0 radical (unpaired) electrons. The van der Waals surface area contributed by atoms with Crippen molar-refractivity contribution < 1.29 is 32.4 Å². The van der Waals surface area contributed by atoms with Crippen LogP contribution in [0.15, 0.2) is 77.7 Å². The highest BCUT2D eigenvalue weighted by Crippen LogP contribution is 2.23. The highest BCUT2D eigenvalue weighted by Gasteiger charge is 2.32. The summed E-state index contributed by atoms with van der Waals surface area (Å²) in [7, 11) is -4.59. The average molecular weight is 531 g/mol. The Morgan fingerprint density at radius 2 is 1.49 bits per heavy atom. The lowest BCUT2D eigenvalue weighted by Crippen LogP contribution is -2.53. The van der Waals surface area contributed by atoms with E-state index in [0.29, 0.717) is 16.8 Å². The molecule has 194 valence electrons. The van der Waals surface area contributed by atoms with Gasteiger partial charge in [0.25, 0.3) is 5.69 Å². The van der Waals surface area contributed by atoms with Crippen molar-refractivity contribution in [2.75, 3.05) is 5.73 Å². The molecule has 0 heterocycles. The number of benzene rings is 3.